The van der Waals surface area contributed by atoms with Crippen LogP contribution < -0.4 is 5.73 Å². The van der Waals surface area contributed by atoms with Gasteiger partial charge in [0.15, 0.2) is 0 Å². The first-order chi connectivity index (χ1) is 7.65. The van der Waals surface area contributed by atoms with Crippen LogP contribution in [0.25, 0.3) is 0 Å². The van der Waals surface area contributed by atoms with Crippen molar-refractivity contribution in [1.29, 1.82) is 0 Å². The monoisotopic (exact) mass is 299 g/mol. The molecular formula is C13H18BrNO2. The third-order valence-corrected chi connectivity index (χ3v) is 3.08. The summed E-state index contributed by atoms with van der Waals surface area (Å²) in [5.41, 5.74) is 5.22. The molecule has 17 heavy (non-hydrogen) atoms. The Bertz CT molecular complexity index is 408. The molecule has 0 heterocycles. The van der Waals surface area contributed by atoms with Gasteiger partial charge in [-0.15, -0.1) is 0 Å². The molecule has 3 N–H and O–H groups in total. The Balaban J connectivity index is 3.16. The van der Waals surface area contributed by atoms with Crippen molar-refractivity contribution in [3.8, 4) is 0 Å². The van der Waals surface area contributed by atoms with Gasteiger partial charge in [-0.25, -0.2) is 4.79 Å². The topological polar surface area (TPSA) is 63.3 Å². The number of halogens is 1. The summed E-state index contributed by atoms with van der Waals surface area (Å²) in [6, 6.07) is 7.12. The Morgan fingerprint density at radius 2 is 1.76 bits per heavy atom. The van der Waals surface area contributed by atoms with E-state index in [9.17, 15) is 9.90 Å². The predicted molar refractivity (Wildman–Crippen MR) is 71.7 cm³/mol. The zero-order valence-corrected chi connectivity index (χ0v) is 11.9. The summed E-state index contributed by atoms with van der Waals surface area (Å²) in [4.78, 5) is 11.4. The lowest BCUT2D eigenvalue weighted by molar-refractivity contribution is -0.145. The highest BCUT2D eigenvalue weighted by molar-refractivity contribution is 9.10. The van der Waals surface area contributed by atoms with Crippen LogP contribution in [0.15, 0.2) is 28.7 Å². The molecule has 1 aromatic rings. The van der Waals surface area contributed by atoms with Gasteiger partial charge in [0.25, 0.3) is 0 Å². The van der Waals surface area contributed by atoms with Crippen LogP contribution in [0.1, 0.15) is 32.8 Å². The van der Waals surface area contributed by atoms with E-state index in [0.29, 0.717) is 12.0 Å². The summed E-state index contributed by atoms with van der Waals surface area (Å²) in [6.45, 7) is 5.95. The lowest BCUT2D eigenvalue weighted by Crippen LogP contribution is -2.47. The highest BCUT2D eigenvalue weighted by Gasteiger charge is 2.39. The van der Waals surface area contributed by atoms with Crippen molar-refractivity contribution in [3.05, 3.63) is 34.3 Å². The van der Waals surface area contributed by atoms with E-state index in [0.717, 1.165) is 4.47 Å². The molecule has 0 aliphatic carbocycles. The van der Waals surface area contributed by atoms with Gasteiger partial charge in [0.2, 0.25) is 0 Å². The number of rotatable bonds is 3. The molecule has 0 amide bonds. The van der Waals surface area contributed by atoms with Gasteiger partial charge in [-0.2, -0.15) is 0 Å². The van der Waals surface area contributed by atoms with Crippen molar-refractivity contribution in [2.45, 2.75) is 32.7 Å². The molecule has 1 atom stereocenters. The van der Waals surface area contributed by atoms with Crippen LogP contribution in [0.5, 0.6) is 0 Å². The molecule has 0 fully saturated rings. The van der Waals surface area contributed by atoms with Crippen molar-refractivity contribution in [2.75, 3.05) is 0 Å². The lowest BCUT2D eigenvalue weighted by Gasteiger charge is -2.32. The molecule has 3 nitrogen and oxygen atoms in total. The van der Waals surface area contributed by atoms with E-state index in [4.69, 9.17) is 5.73 Å². The zero-order chi connectivity index (χ0) is 13.3. The average Bonchev–Trinajstić information content (AvgIpc) is 2.15. The summed E-state index contributed by atoms with van der Waals surface area (Å²) < 4.78 is 0.907. The maximum absolute atomic E-state index is 11.4. The van der Waals surface area contributed by atoms with Crippen LogP contribution in [-0.2, 0) is 10.3 Å². The Morgan fingerprint density at radius 3 is 2.12 bits per heavy atom. The van der Waals surface area contributed by atoms with Crippen LogP contribution >= 0.6 is 15.9 Å². The minimum atomic E-state index is -1.33. The minimum Gasteiger partial charge on any atom is -0.480 e. The summed E-state index contributed by atoms with van der Waals surface area (Å²) in [7, 11) is 0. The third-order valence-electron chi connectivity index (χ3n) is 2.55. The molecule has 0 bridgehead atoms. The summed E-state index contributed by atoms with van der Waals surface area (Å²) >= 11 is 3.32. The van der Waals surface area contributed by atoms with Gasteiger partial charge in [0.1, 0.15) is 5.54 Å². The molecule has 0 saturated carbocycles. The van der Waals surface area contributed by atoms with Crippen molar-refractivity contribution >= 4 is 21.9 Å². The molecule has 0 spiro atoms. The largest absolute Gasteiger partial charge is 0.480 e. The van der Waals surface area contributed by atoms with Crippen molar-refractivity contribution in [3.63, 3.8) is 0 Å². The SMILES string of the molecule is CC(C)(C)C[C@](N)(C(=O)O)c1ccc(Br)cc1. The number of nitrogens with two attached hydrogens (primary N) is 1. The maximum atomic E-state index is 11.4. The first kappa shape index (κ1) is 14.2. The molecule has 4 heteroatoms. The predicted octanol–water partition coefficient (Wildman–Crippen LogP) is 3.12. The second-order valence-corrected chi connectivity index (χ2v) is 6.44. The third kappa shape index (κ3) is 3.54. The van der Waals surface area contributed by atoms with Gasteiger partial charge in [0.05, 0.1) is 0 Å². The van der Waals surface area contributed by atoms with E-state index in [1.165, 1.54) is 0 Å². The van der Waals surface area contributed by atoms with E-state index in [1.54, 1.807) is 12.1 Å². The number of hydrogen-bond donors (Lipinski definition) is 2. The molecule has 0 aliphatic heterocycles. The number of carbonyl (C=O) groups is 1. The van der Waals surface area contributed by atoms with Crippen molar-refractivity contribution in [2.24, 2.45) is 11.1 Å². The Hall–Kier alpha value is -0.870. The minimum absolute atomic E-state index is 0.153. The number of hydrogen-bond acceptors (Lipinski definition) is 2. The molecule has 0 unspecified atom stereocenters. The van der Waals surface area contributed by atoms with E-state index in [1.807, 2.05) is 32.9 Å². The highest BCUT2D eigenvalue weighted by Crippen LogP contribution is 2.33. The van der Waals surface area contributed by atoms with E-state index < -0.39 is 11.5 Å². The van der Waals surface area contributed by atoms with Gasteiger partial charge in [-0.3, -0.25) is 0 Å². The van der Waals surface area contributed by atoms with E-state index in [2.05, 4.69) is 15.9 Å². The molecule has 1 rings (SSSR count). The molecule has 0 radical (unpaired) electrons. The van der Waals surface area contributed by atoms with Crippen LogP contribution in [0.4, 0.5) is 0 Å². The normalized spacial score (nSPS) is 15.4. The smallest absolute Gasteiger partial charge is 0.328 e. The van der Waals surface area contributed by atoms with Crippen LogP contribution in [0.3, 0.4) is 0 Å². The van der Waals surface area contributed by atoms with Gasteiger partial charge < -0.3 is 10.8 Å². The molecule has 94 valence electrons. The second kappa shape index (κ2) is 4.78. The Morgan fingerprint density at radius 1 is 1.29 bits per heavy atom. The Kier molecular flexibility index (Phi) is 3.99. The summed E-state index contributed by atoms with van der Waals surface area (Å²) in [6.07, 6.45) is 0.386. The number of benzene rings is 1. The molecule has 0 aliphatic rings. The molecule has 1 aromatic carbocycles. The first-order valence-corrected chi connectivity index (χ1v) is 6.23. The fourth-order valence-corrected chi connectivity index (χ4v) is 2.15. The van der Waals surface area contributed by atoms with E-state index in [-0.39, 0.29) is 5.41 Å². The van der Waals surface area contributed by atoms with E-state index >= 15 is 0 Å². The standard InChI is InChI=1S/C13H18BrNO2/c1-12(2,3)8-13(15,11(16)17)9-4-6-10(14)7-5-9/h4-7H,8,15H2,1-3H3,(H,16,17)/t13-/m1/s1. The summed E-state index contributed by atoms with van der Waals surface area (Å²) in [5.74, 6) is -0.991. The summed E-state index contributed by atoms with van der Waals surface area (Å²) in [5, 5.41) is 9.38. The van der Waals surface area contributed by atoms with Crippen LogP contribution in [-0.4, -0.2) is 11.1 Å². The maximum Gasteiger partial charge on any atom is 0.328 e. The fraction of sp³-hybridized carbons (Fsp3) is 0.462. The lowest BCUT2D eigenvalue weighted by atomic mass is 9.76. The van der Waals surface area contributed by atoms with Gasteiger partial charge in [0, 0.05) is 4.47 Å². The zero-order valence-electron chi connectivity index (χ0n) is 10.3. The molecular weight excluding hydrogens is 282 g/mol. The molecule has 0 saturated heterocycles. The fourth-order valence-electron chi connectivity index (χ4n) is 1.88. The quantitative estimate of drug-likeness (QED) is 0.901. The highest BCUT2D eigenvalue weighted by atomic mass is 79.9. The van der Waals surface area contributed by atoms with Crippen molar-refractivity contribution < 1.29 is 9.90 Å². The second-order valence-electron chi connectivity index (χ2n) is 5.52. The van der Waals surface area contributed by atoms with Crippen LogP contribution in [0, 0.1) is 5.41 Å². The Labute approximate surface area is 110 Å². The van der Waals surface area contributed by atoms with Gasteiger partial charge in [-0.05, 0) is 29.5 Å². The average molecular weight is 300 g/mol. The number of carboxylic acid groups (broad SMARTS) is 1. The molecule has 0 aromatic heterocycles. The number of carboxylic acids is 1. The van der Waals surface area contributed by atoms with Gasteiger partial charge >= 0.3 is 5.97 Å². The first-order valence-electron chi connectivity index (χ1n) is 5.43. The van der Waals surface area contributed by atoms with Gasteiger partial charge in [-0.1, -0.05) is 48.8 Å². The van der Waals surface area contributed by atoms with Crippen molar-refractivity contribution in [1.82, 2.24) is 0 Å². The van der Waals surface area contributed by atoms with Crippen LogP contribution in [0.2, 0.25) is 0 Å². The number of aliphatic carboxylic acids is 1.